The highest BCUT2D eigenvalue weighted by Gasteiger charge is 2.08. The first-order chi connectivity index (χ1) is 10.5. The Kier molecular flexibility index (Phi) is 18.1. The van der Waals surface area contributed by atoms with Gasteiger partial charge in [-0.05, 0) is 31.0 Å². The summed E-state index contributed by atoms with van der Waals surface area (Å²) in [7, 11) is 0. The van der Waals surface area contributed by atoms with E-state index in [9.17, 15) is 4.79 Å². The number of primary amides is 1. The Bertz CT molecular complexity index is 553. The second-order valence-corrected chi connectivity index (χ2v) is 5.25. The van der Waals surface area contributed by atoms with Gasteiger partial charge < -0.3 is 5.73 Å². The van der Waals surface area contributed by atoms with Gasteiger partial charge in [-0.15, -0.1) is 0 Å². The van der Waals surface area contributed by atoms with Crippen molar-refractivity contribution >= 4 is 17.5 Å². The number of carbonyl (C=O) groups is 1. The van der Waals surface area contributed by atoms with E-state index in [1.807, 2.05) is 25.1 Å². The summed E-state index contributed by atoms with van der Waals surface area (Å²) in [6, 6.07) is 15.4. The predicted molar refractivity (Wildman–Crippen MR) is 110 cm³/mol. The third-order valence-corrected chi connectivity index (χ3v) is 3.03. The van der Waals surface area contributed by atoms with E-state index in [4.69, 9.17) is 17.3 Å². The average Bonchev–Trinajstić information content (AvgIpc) is 2.49. The number of carbonyl (C=O) groups excluding carboxylic acids is 1. The SMILES string of the molecule is C.C.CCC.CCc1c(Cl)cccc1C(N)=O.Cc1ccccc1. The molecule has 24 heavy (non-hydrogen) atoms. The van der Waals surface area contributed by atoms with Crippen molar-refractivity contribution in [3.05, 3.63) is 70.2 Å². The van der Waals surface area contributed by atoms with Gasteiger partial charge in [0.2, 0.25) is 5.91 Å². The highest BCUT2D eigenvalue weighted by molar-refractivity contribution is 6.31. The predicted octanol–water partition coefficient (Wildman–Crippen LogP) is 6.68. The minimum Gasteiger partial charge on any atom is -0.366 e. The summed E-state index contributed by atoms with van der Waals surface area (Å²) in [5.74, 6) is -0.422. The number of aryl methyl sites for hydroxylation is 1. The van der Waals surface area contributed by atoms with E-state index >= 15 is 0 Å². The van der Waals surface area contributed by atoms with Gasteiger partial charge in [-0.1, -0.05) is 95.6 Å². The van der Waals surface area contributed by atoms with Gasteiger partial charge >= 0.3 is 0 Å². The maximum atomic E-state index is 10.9. The Morgan fingerprint density at radius 1 is 0.958 bits per heavy atom. The van der Waals surface area contributed by atoms with Crippen LogP contribution in [0.25, 0.3) is 0 Å². The van der Waals surface area contributed by atoms with E-state index in [0.29, 0.717) is 10.6 Å². The van der Waals surface area contributed by atoms with Crippen molar-refractivity contribution in [1.82, 2.24) is 0 Å². The van der Waals surface area contributed by atoms with Crippen molar-refractivity contribution in [2.75, 3.05) is 0 Å². The van der Waals surface area contributed by atoms with Crippen molar-refractivity contribution in [1.29, 1.82) is 0 Å². The topological polar surface area (TPSA) is 43.1 Å². The fourth-order valence-electron chi connectivity index (χ4n) is 1.68. The molecule has 0 fully saturated rings. The molecule has 0 bridgehead atoms. The summed E-state index contributed by atoms with van der Waals surface area (Å²) in [6.07, 6.45) is 1.97. The molecule has 0 heterocycles. The third-order valence-electron chi connectivity index (χ3n) is 2.68. The number of hydrogen-bond donors (Lipinski definition) is 1. The quantitative estimate of drug-likeness (QED) is 0.643. The van der Waals surface area contributed by atoms with Gasteiger partial charge in [0.15, 0.2) is 0 Å². The second-order valence-electron chi connectivity index (χ2n) is 4.85. The molecule has 2 aromatic carbocycles. The van der Waals surface area contributed by atoms with Gasteiger partial charge in [0.1, 0.15) is 0 Å². The van der Waals surface area contributed by atoms with E-state index in [2.05, 4.69) is 32.9 Å². The maximum absolute atomic E-state index is 10.9. The van der Waals surface area contributed by atoms with Crippen LogP contribution in [-0.2, 0) is 6.42 Å². The molecule has 0 spiro atoms. The van der Waals surface area contributed by atoms with E-state index in [1.165, 1.54) is 12.0 Å². The van der Waals surface area contributed by atoms with Crippen LogP contribution in [0.5, 0.6) is 0 Å². The van der Waals surface area contributed by atoms with Crippen LogP contribution < -0.4 is 5.73 Å². The Balaban J connectivity index is -0.000000316. The molecule has 0 aliphatic heterocycles. The van der Waals surface area contributed by atoms with Gasteiger partial charge in [0, 0.05) is 10.6 Å². The van der Waals surface area contributed by atoms with E-state index in [-0.39, 0.29) is 14.9 Å². The molecule has 136 valence electrons. The zero-order valence-electron chi connectivity index (χ0n) is 13.9. The molecule has 3 heteroatoms. The largest absolute Gasteiger partial charge is 0.366 e. The molecule has 0 saturated carbocycles. The zero-order valence-corrected chi connectivity index (χ0v) is 14.7. The van der Waals surface area contributed by atoms with Crippen LogP contribution in [0, 0.1) is 6.92 Å². The Hall–Kier alpha value is -1.80. The third kappa shape index (κ3) is 10.8. The Morgan fingerprint density at radius 2 is 1.46 bits per heavy atom. The summed E-state index contributed by atoms with van der Waals surface area (Å²) >= 11 is 5.87. The maximum Gasteiger partial charge on any atom is 0.249 e. The molecule has 0 saturated heterocycles. The molecule has 0 atom stereocenters. The molecule has 0 radical (unpaired) electrons. The minimum atomic E-state index is -0.422. The molecule has 2 nitrogen and oxygen atoms in total. The number of amides is 1. The van der Waals surface area contributed by atoms with Crippen molar-refractivity contribution < 1.29 is 4.79 Å². The van der Waals surface area contributed by atoms with Gasteiger partial charge in [-0.2, -0.15) is 0 Å². The minimum absolute atomic E-state index is 0. The molecule has 0 aliphatic rings. The van der Waals surface area contributed by atoms with Gasteiger partial charge in [-0.25, -0.2) is 0 Å². The average molecular weight is 352 g/mol. The van der Waals surface area contributed by atoms with Crippen LogP contribution in [0.3, 0.4) is 0 Å². The van der Waals surface area contributed by atoms with Gasteiger partial charge in [-0.3, -0.25) is 4.79 Å². The molecule has 0 aromatic heterocycles. The molecule has 2 rings (SSSR count). The second kappa shape index (κ2) is 16.1. The van der Waals surface area contributed by atoms with Gasteiger partial charge in [0.05, 0.1) is 0 Å². The molecule has 1 amide bonds. The van der Waals surface area contributed by atoms with Crippen molar-refractivity contribution in [3.63, 3.8) is 0 Å². The first kappa shape index (κ1) is 27.1. The van der Waals surface area contributed by atoms with Crippen LogP contribution in [-0.4, -0.2) is 5.91 Å². The lowest BCUT2D eigenvalue weighted by atomic mass is 10.1. The summed E-state index contributed by atoms with van der Waals surface area (Å²) in [6.45, 7) is 8.27. The van der Waals surface area contributed by atoms with Crippen LogP contribution in [0.2, 0.25) is 5.02 Å². The van der Waals surface area contributed by atoms with Crippen molar-refractivity contribution in [3.8, 4) is 0 Å². The standard InChI is InChI=1S/C9H10ClNO.C7H8.C3H8.2CH4/c1-2-6-7(9(11)12)4-3-5-8(6)10;1-7-5-3-2-4-6-7;1-3-2;;/h3-5H,2H2,1H3,(H2,11,12);2-6H,1H3;3H2,1-2H3;2*1H4. The summed E-state index contributed by atoms with van der Waals surface area (Å²) in [4.78, 5) is 10.9. The fourth-order valence-corrected chi connectivity index (χ4v) is 1.99. The number of benzene rings is 2. The van der Waals surface area contributed by atoms with E-state index < -0.39 is 5.91 Å². The van der Waals surface area contributed by atoms with E-state index in [1.54, 1.807) is 18.2 Å². The molecule has 0 unspecified atom stereocenters. The smallest absolute Gasteiger partial charge is 0.249 e. The lowest BCUT2D eigenvalue weighted by Gasteiger charge is -2.05. The molecular formula is C21H34ClNO. The fraction of sp³-hybridized carbons (Fsp3) is 0.381. The Labute approximate surface area is 154 Å². The summed E-state index contributed by atoms with van der Waals surface area (Å²) in [5, 5.41) is 0.605. The van der Waals surface area contributed by atoms with Crippen LogP contribution in [0.1, 0.15) is 63.5 Å². The van der Waals surface area contributed by atoms with Crippen LogP contribution >= 0.6 is 11.6 Å². The van der Waals surface area contributed by atoms with Crippen LogP contribution in [0.15, 0.2) is 48.5 Å². The molecule has 0 aliphatic carbocycles. The van der Waals surface area contributed by atoms with Crippen LogP contribution in [0.4, 0.5) is 0 Å². The molecular weight excluding hydrogens is 318 g/mol. The number of hydrogen-bond acceptors (Lipinski definition) is 1. The lowest BCUT2D eigenvalue weighted by molar-refractivity contribution is 0.0999. The molecule has 2 N–H and O–H groups in total. The normalized spacial score (nSPS) is 8.21. The summed E-state index contributed by atoms with van der Waals surface area (Å²) in [5.41, 5.74) is 7.83. The lowest BCUT2D eigenvalue weighted by Crippen LogP contribution is -2.13. The van der Waals surface area contributed by atoms with Crippen molar-refractivity contribution in [2.24, 2.45) is 5.73 Å². The first-order valence-corrected chi connectivity index (χ1v) is 7.94. The number of rotatable bonds is 2. The zero-order chi connectivity index (χ0) is 17.0. The monoisotopic (exact) mass is 351 g/mol. The molecule has 2 aromatic rings. The first-order valence-electron chi connectivity index (χ1n) is 7.56. The number of halogens is 1. The summed E-state index contributed by atoms with van der Waals surface area (Å²) < 4.78 is 0. The highest BCUT2D eigenvalue weighted by Crippen LogP contribution is 2.19. The van der Waals surface area contributed by atoms with Gasteiger partial charge in [0.25, 0.3) is 0 Å². The number of nitrogens with two attached hydrogens (primary N) is 1. The van der Waals surface area contributed by atoms with Crippen molar-refractivity contribution in [2.45, 2.75) is 55.4 Å². The highest BCUT2D eigenvalue weighted by atomic mass is 35.5. The van der Waals surface area contributed by atoms with E-state index in [0.717, 1.165) is 12.0 Å². The Morgan fingerprint density at radius 3 is 1.75 bits per heavy atom.